The number of hydrogen-bond acceptors (Lipinski definition) is 4. The predicted octanol–water partition coefficient (Wildman–Crippen LogP) is 1.35. The molecular weight excluding hydrogens is 241 g/mol. The van der Waals surface area contributed by atoms with Gasteiger partial charge in [0.25, 0.3) is 0 Å². The first-order chi connectivity index (χ1) is 7.85. The van der Waals surface area contributed by atoms with Crippen LogP contribution in [0.15, 0.2) is 18.2 Å². The van der Waals surface area contributed by atoms with Gasteiger partial charge in [0.2, 0.25) is 0 Å². The molecule has 0 aliphatic heterocycles. The molecule has 94 valence electrons. The second-order valence-corrected chi connectivity index (χ2v) is 2.90. The highest BCUT2D eigenvalue weighted by Crippen LogP contribution is 2.34. The maximum absolute atomic E-state index is 12.1. The SMILES string of the molecule is CCOc1c(OC(F)(F)F)cccc1C(=O)[O-]. The molecule has 0 amide bonds. The molecule has 0 aliphatic carbocycles. The predicted molar refractivity (Wildman–Crippen MR) is 48.6 cm³/mol. The summed E-state index contributed by atoms with van der Waals surface area (Å²) in [5.74, 6) is -2.84. The molecule has 0 fully saturated rings. The lowest BCUT2D eigenvalue weighted by Gasteiger charge is -2.16. The zero-order chi connectivity index (χ0) is 13.1. The van der Waals surface area contributed by atoms with E-state index in [1.54, 1.807) is 0 Å². The van der Waals surface area contributed by atoms with Crippen LogP contribution in [0.3, 0.4) is 0 Å². The van der Waals surface area contributed by atoms with E-state index in [9.17, 15) is 23.1 Å². The Morgan fingerprint density at radius 2 is 2.06 bits per heavy atom. The Balaban J connectivity index is 3.20. The summed E-state index contributed by atoms with van der Waals surface area (Å²) in [6.45, 7) is 1.50. The van der Waals surface area contributed by atoms with Crippen molar-refractivity contribution >= 4 is 5.97 Å². The Bertz CT molecular complexity index is 415. The van der Waals surface area contributed by atoms with Crippen molar-refractivity contribution in [3.63, 3.8) is 0 Å². The highest BCUT2D eigenvalue weighted by molar-refractivity contribution is 5.90. The normalized spacial score (nSPS) is 11.1. The number of carbonyl (C=O) groups is 1. The summed E-state index contributed by atoms with van der Waals surface area (Å²) in [7, 11) is 0. The fourth-order valence-electron chi connectivity index (χ4n) is 1.17. The first-order valence-corrected chi connectivity index (χ1v) is 4.58. The van der Waals surface area contributed by atoms with Gasteiger partial charge in [0, 0.05) is 5.56 Å². The van der Waals surface area contributed by atoms with E-state index in [1.807, 2.05) is 0 Å². The Morgan fingerprint density at radius 3 is 2.53 bits per heavy atom. The van der Waals surface area contributed by atoms with Crippen molar-refractivity contribution in [2.24, 2.45) is 0 Å². The smallest absolute Gasteiger partial charge is 0.545 e. The molecule has 1 aromatic rings. The Kier molecular flexibility index (Phi) is 3.82. The van der Waals surface area contributed by atoms with E-state index in [4.69, 9.17) is 4.74 Å². The van der Waals surface area contributed by atoms with Gasteiger partial charge >= 0.3 is 6.36 Å². The lowest BCUT2D eigenvalue weighted by Crippen LogP contribution is -2.24. The summed E-state index contributed by atoms with van der Waals surface area (Å²) in [5, 5.41) is 10.7. The average Bonchev–Trinajstić information content (AvgIpc) is 2.18. The monoisotopic (exact) mass is 249 g/mol. The number of ether oxygens (including phenoxy) is 2. The molecule has 0 atom stereocenters. The molecule has 0 radical (unpaired) electrons. The Hall–Kier alpha value is -1.92. The lowest BCUT2D eigenvalue weighted by atomic mass is 10.2. The minimum Gasteiger partial charge on any atom is -0.545 e. The van der Waals surface area contributed by atoms with Gasteiger partial charge in [-0.3, -0.25) is 0 Å². The van der Waals surface area contributed by atoms with Gasteiger partial charge in [-0.15, -0.1) is 13.2 Å². The number of carbonyl (C=O) groups excluding carboxylic acids is 1. The molecule has 1 rings (SSSR count). The van der Waals surface area contributed by atoms with E-state index < -0.39 is 29.4 Å². The first-order valence-electron chi connectivity index (χ1n) is 4.58. The summed E-state index contributed by atoms with van der Waals surface area (Å²) in [6, 6.07) is 3.14. The molecule has 4 nitrogen and oxygen atoms in total. The van der Waals surface area contributed by atoms with Crippen LogP contribution in [-0.4, -0.2) is 18.9 Å². The van der Waals surface area contributed by atoms with Crippen molar-refractivity contribution in [2.75, 3.05) is 6.61 Å². The van der Waals surface area contributed by atoms with Crippen LogP contribution in [0.5, 0.6) is 11.5 Å². The third-order valence-electron chi connectivity index (χ3n) is 1.71. The third kappa shape index (κ3) is 3.54. The Morgan fingerprint density at radius 1 is 1.41 bits per heavy atom. The summed E-state index contributed by atoms with van der Waals surface area (Å²) < 4.78 is 44.7. The second kappa shape index (κ2) is 4.94. The van der Waals surface area contributed by atoms with Crippen molar-refractivity contribution in [1.29, 1.82) is 0 Å². The molecule has 7 heteroatoms. The van der Waals surface area contributed by atoms with Gasteiger partial charge in [0.1, 0.15) is 0 Å². The Labute approximate surface area is 94.6 Å². The fraction of sp³-hybridized carbons (Fsp3) is 0.300. The quantitative estimate of drug-likeness (QED) is 0.808. The second-order valence-electron chi connectivity index (χ2n) is 2.90. The van der Waals surface area contributed by atoms with Crippen molar-refractivity contribution in [3.8, 4) is 11.5 Å². The molecular formula is C10H8F3O4-. The van der Waals surface area contributed by atoms with Gasteiger partial charge in [0.05, 0.1) is 12.6 Å². The van der Waals surface area contributed by atoms with Crippen molar-refractivity contribution in [3.05, 3.63) is 23.8 Å². The molecule has 0 saturated heterocycles. The van der Waals surface area contributed by atoms with Crippen LogP contribution < -0.4 is 14.6 Å². The van der Waals surface area contributed by atoms with Crippen LogP contribution in [0, 0.1) is 0 Å². The highest BCUT2D eigenvalue weighted by atomic mass is 19.4. The molecule has 17 heavy (non-hydrogen) atoms. The number of carboxylic acid groups (broad SMARTS) is 1. The zero-order valence-corrected chi connectivity index (χ0v) is 8.71. The number of rotatable bonds is 4. The van der Waals surface area contributed by atoms with Gasteiger partial charge in [-0.25, -0.2) is 0 Å². The summed E-state index contributed by atoms with van der Waals surface area (Å²) >= 11 is 0. The molecule has 0 bridgehead atoms. The topological polar surface area (TPSA) is 58.6 Å². The van der Waals surface area contributed by atoms with Gasteiger partial charge in [-0.05, 0) is 19.1 Å². The molecule has 0 spiro atoms. The standard InChI is InChI=1S/C10H9F3O4/c1-2-16-8-6(9(14)15)4-3-5-7(8)17-10(11,12)13/h3-5H,2H2,1H3,(H,14,15)/p-1. The number of alkyl halides is 3. The van der Waals surface area contributed by atoms with E-state index in [0.29, 0.717) is 0 Å². The molecule has 0 heterocycles. The largest absolute Gasteiger partial charge is 0.573 e. The van der Waals surface area contributed by atoms with Crippen LogP contribution in [0.4, 0.5) is 13.2 Å². The lowest BCUT2D eigenvalue weighted by molar-refractivity contribution is -0.275. The molecule has 0 aliphatic rings. The number of aromatic carboxylic acids is 1. The van der Waals surface area contributed by atoms with E-state index in [1.165, 1.54) is 6.92 Å². The van der Waals surface area contributed by atoms with E-state index in [-0.39, 0.29) is 6.61 Å². The minimum absolute atomic E-state index is 0.00148. The minimum atomic E-state index is -4.92. The maximum Gasteiger partial charge on any atom is 0.573 e. The van der Waals surface area contributed by atoms with Crippen molar-refractivity contribution < 1.29 is 32.5 Å². The number of benzene rings is 1. The number of halogens is 3. The number of carboxylic acids is 1. The zero-order valence-electron chi connectivity index (χ0n) is 8.71. The van der Waals surface area contributed by atoms with Crippen LogP contribution in [-0.2, 0) is 0 Å². The van der Waals surface area contributed by atoms with Crippen LogP contribution in [0.1, 0.15) is 17.3 Å². The highest BCUT2D eigenvalue weighted by Gasteiger charge is 2.33. The van der Waals surface area contributed by atoms with Gasteiger partial charge in [0.15, 0.2) is 11.5 Å². The van der Waals surface area contributed by atoms with Gasteiger partial charge < -0.3 is 19.4 Å². The first kappa shape index (κ1) is 13.1. The third-order valence-corrected chi connectivity index (χ3v) is 1.71. The number of para-hydroxylation sites is 1. The number of hydrogen-bond donors (Lipinski definition) is 0. The molecule has 0 saturated carbocycles. The van der Waals surface area contributed by atoms with E-state index >= 15 is 0 Å². The van der Waals surface area contributed by atoms with Gasteiger partial charge in [-0.1, -0.05) is 6.07 Å². The molecule has 0 unspecified atom stereocenters. The van der Waals surface area contributed by atoms with Crippen molar-refractivity contribution in [2.45, 2.75) is 13.3 Å². The maximum atomic E-state index is 12.1. The fourth-order valence-corrected chi connectivity index (χ4v) is 1.17. The van der Waals surface area contributed by atoms with Crippen LogP contribution >= 0.6 is 0 Å². The van der Waals surface area contributed by atoms with Crippen LogP contribution in [0.2, 0.25) is 0 Å². The summed E-state index contributed by atoms with van der Waals surface area (Å²) in [5.41, 5.74) is -0.492. The summed E-state index contributed by atoms with van der Waals surface area (Å²) in [6.07, 6.45) is -4.92. The van der Waals surface area contributed by atoms with E-state index in [0.717, 1.165) is 18.2 Å². The van der Waals surface area contributed by atoms with Gasteiger partial charge in [-0.2, -0.15) is 0 Å². The molecule has 0 N–H and O–H groups in total. The molecule has 1 aromatic carbocycles. The van der Waals surface area contributed by atoms with Crippen LogP contribution in [0.25, 0.3) is 0 Å². The van der Waals surface area contributed by atoms with Crippen molar-refractivity contribution in [1.82, 2.24) is 0 Å². The average molecular weight is 249 g/mol. The summed E-state index contributed by atoms with van der Waals surface area (Å²) in [4.78, 5) is 10.7. The molecule has 0 aromatic heterocycles. The van der Waals surface area contributed by atoms with E-state index in [2.05, 4.69) is 4.74 Å².